The molecule has 5 nitrogen and oxygen atoms in total. The molecule has 2 aromatic carbocycles. The van der Waals surface area contributed by atoms with E-state index in [0.717, 1.165) is 5.56 Å². The lowest BCUT2D eigenvalue weighted by atomic mass is 9.93. The molecule has 0 amide bonds. The third-order valence-electron chi connectivity index (χ3n) is 4.31. The molecule has 1 aliphatic rings. The van der Waals surface area contributed by atoms with Crippen LogP contribution in [0.2, 0.25) is 5.02 Å². The third kappa shape index (κ3) is 2.80. The fraction of sp³-hybridized carbons (Fsp3) is 0.176. The molecular weight excluding hydrogens is 348 g/mol. The Morgan fingerprint density at radius 2 is 1.92 bits per heavy atom. The quantitative estimate of drug-likeness (QED) is 0.725. The van der Waals surface area contributed by atoms with E-state index in [2.05, 4.69) is 15.4 Å². The summed E-state index contributed by atoms with van der Waals surface area (Å²) in [4.78, 5) is 4.16. The fourth-order valence-electron chi connectivity index (χ4n) is 3.18. The van der Waals surface area contributed by atoms with Gasteiger partial charge in [0.2, 0.25) is 11.9 Å². The predicted molar refractivity (Wildman–Crippen MR) is 91.4 cm³/mol. The number of nitrogen functional groups attached to an aromatic ring is 1. The van der Waals surface area contributed by atoms with Crippen molar-refractivity contribution in [3.63, 3.8) is 0 Å². The first kappa shape index (κ1) is 15.8. The number of rotatable bonds is 2. The second kappa shape index (κ2) is 6.00. The van der Waals surface area contributed by atoms with Gasteiger partial charge in [-0.05, 0) is 36.2 Å². The molecular formula is C17H14ClF2N5. The zero-order valence-corrected chi connectivity index (χ0v) is 13.7. The first-order valence-electron chi connectivity index (χ1n) is 7.71. The minimum absolute atomic E-state index is 0.0831. The summed E-state index contributed by atoms with van der Waals surface area (Å²) in [5, 5.41) is 7.69. The van der Waals surface area contributed by atoms with E-state index in [1.54, 1.807) is 28.9 Å². The second-order valence-corrected chi connectivity index (χ2v) is 6.28. The Hall–Kier alpha value is -2.67. The van der Waals surface area contributed by atoms with E-state index in [1.165, 1.54) is 18.2 Å². The van der Waals surface area contributed by atoms with E-state index in [1.807, 2.05) is 0 Å². The Labute approximate surface area is 147 Å². The Kier molecular flexibility index (Phi) is 3.80. The SMILES string of the molecule is Nc1nc2n(n1)[C@H](c1c(F)cccc1Cl)C[C@@H](c1ccc(F)cc1)N2. The van der Waals surface area contributed by atoms with Crippen molar-refractivity contribution in [2.45, 2.75) is 18.5 Å². The van der Waals surface area contributed by atoms with Crippen LogP contribution in [0.25, 0.3) is 0 Å². The maximum absolute atomic E-state index is 14.5. The number of hydrogen-bond acceptors (Lipinski definition) is 4. The summed E-state index contributed by atoms with van der Waals surface area (Å²) in [6.07, 6.45) is 0.460. The monoisotopic (exact) mass is 361 g/mol. The zero-order valence-electron chi connectivity index (χ0n) is 13.0. The Morgan fingerprint density at radius 1 is 1.16 bits per heavy atom. The van der Waals surface area contributed by atoms with Crippen LogP contribution in [0.5, 0.6) is 0 Å². The lowest BCUT2D eigenvalue weighted by Gasteiger charge is -2.32. The number of nitrogens with one attached hydrogen (secondary N) is 1. The highest BCUT2D eigenvalue weighted by Crippen LogP contribution is 2.41. The van der Waals surface area contributed by atoms with Crippen LogP contribution in [0.15, 0.2) is 42.5 Å². The van der Waals surface area contributed by atoms with Crippen LogP contribution >= 0.6 is 11.6 Å². The molecule has 1 aromatic heterocycles. The van der Waals surface area contributed by atoms with Gasteiger partial charge < -0.3 is 11.1 Å². The van der Waals surface area contributed by atoms with Crippen LogP contribution in [0, 0.1) is 11.6 Å². The van der Waals surface area contributed by atoms with Gasteiger partial charge in [0.25, 0.3) is 0 Å². The summed E-state index contributed by atoms with van der Waals surface area (Å²) >= 11 is 6.25. The van der Waals surface area contributed by atoms with Crippen molar-refractivity contribution in [3.8, 4) is 0 Å². The molecule has 1 aliphatic heterocycles. The lowest BCUT2D eigenvalue weighted by Crippen LogP contribution is -2.28. The van der Waals surface area contributed by atoms with Gasteiger partial charge in [-0.15, -0.1) is 5.10 Å². The Morgan fingerprint density at radius 3 is 2.64 bits per heavy atom. The summed E-state index contributed by atoms with van der Waals surface area (Å²) in [5.74, 6) is -0.236. The van der Waals surface area contributed by atoms with Crippen molar-refractivity contribution >= 4 is 23.5 Å². The van der Waals surface area contributed by atoms with E-state index in [9.17, 15) is 8.78 Å². The minimum atomic E-state index is -0.482. The number of aromatic nitrogens is 3. The molecule has 3 N–H and O–H groups in total. The van der Waals surface area contributed by atoms with Crippen LogP contribution in [-0.2, 0) is 0 Å². The first-order chi connectivity index (χ1) is 12.0. The molecule has 0 saturated heterocycles. The van der Waals surface area contributed by atoms with Gasteiger partial charge in [0.05, 0.1) is 12.1 Å². The van der Waals surface area contributed by atoms with Crippen molar-refractivity contribution < 1.29 is 8.78 Å². The summed E-state index contributed by atoms with van der Waals surface area (Å²) in [7, 11) is 0. The van der Waals surface area contributed by atoms with E-state index < -0.39 is 11.9 Å². The van der Waals surface area contributed by atoms with Gasteiger partial charge in [0, 0.05) is 10.6 Å². The lowest BCUT2D eigenvalue weighted by molar-refractivity contribution is 0.416. The highest BCUT2D eigenvalue weighted by atomic mass is 35.5. The molecule has 0 bridgehead atoms. The first-order valence-corrected chi connectivity index (χ1v) is 8.08. The molecule has 2 atom stereocenters. The van der Waals surface area contributed by atoms with Gasteiger partial charge in [0.1, 0.15) is 11.6 Å². The van der Waals surface area contributed by atoms with Crippen molar-refractivity contribution in [2.24, 2.45) is 0 Å². The van der Waals surface area contributed by atoms with Crippen LogP contribution in [0.4, 0.5) is 20.7 Å². The molecule has 0 unspecified atom stereocenters. The van der Waals surface area contributed by atoms with E-state index in [-0.39, 0.29) is 17.8 Å². The number of halogens is 3. The maximum atomic E-state index is 14.5. The number of anilines is 2. The number of benzene rings is 2. The topological polar surface area (TPSA) is 68.8 Å². The van der Waals surface area contributed by atoms with Crippen molar-refractivity contribution in [3.05, 3.63) is 70.2 Å². The second-order valence-electron chi connectivity index (χ2n) is 5.87. The molecule has 3 aromatic rings. The molecule has 128 valence electrons. The summed E-state index contributed by atoms with van der Waals surface area (Å²) in [5.41, 5.74) is 6.91. The molecule has 2 heterocycles. The zero-order chi connectivity index (χ0) is 17.6. The van der Waals surface area contributed by atoms with Gasteiger partial charge >= 0.3 is 0 Å². The van der Waals surface area contributed by atoms with E-state index in [0.29, 0.717) is 23.0 Å². The largest absolute Gasteiger partial charge is 0.366 e. The highest BCUT2D eigenvalue weighted by molar-refractivity contribution is 6.31. The van der Waals surface area contributed by atoms with Crippen LogP contribution in [-0.4, -0.2) is 14.8 Å². The number of hydrogen-bond donors (Lipinski definition) is 2. The fourth-order valence-corrected chi connectivity index (χ4v) is 3.47. The number of fused-ring (bicyclic) bond motifs is 1. The van der Waals surface area contributed by atoms with Gasteiger partial charge in [0.15, 0.2) is 0 Å². The van der Waals surface area contributed by atoms with Gasteiger partial charge in [-0.2, -0.15) is 4.98 Å². The molecule has 0 saturated carbocycles. The molecule has 25 heavy (non-hydrogen) atoms. The minimum Gasteiger partial charge on any atom is -0.366 e. The van der Waals surface area contributed by atoms with Crippen molar-refractivity contribution in [1.29, 1.82) is 0 Å². The predicted octanol–water partition coefficient (Wildman–Crippen LogP) is 3.94. The van der Waals surface area contributed by atoms with Gasteiger partial charge in [-0.25, -0.2) is 13.5 Å². The summed E-state index contributed by atoms with van der Waals surface area (Å²) in [6, 6.07) is 9.99. The normalized spacial score (nSPS) is 19.3. The molecule has 8 heteroatoms. The van der Waals surface area contributed by atoms with E-state index in [4.69, 9.17) is 17.3 Å². The molecule has 0 aliphatic carbocycles. The molecule has 4 rings (SSSR count). The summed E-state index contributed by atoms with van der Waals surface area (Å²) < 4.78 is 29.2. The van der Waals surface area contributed by atoms with Crippen LogP contribution in [0.3, 0.4) is 0 Å². The average molecular weight is 362 g/mol. The Bertz CT molecular complexity index is 905. The van der Waals surface area contributed by atoms with Crippen LogP contribution < -0.4 is 11.1 Å². The maximum Gasteiger partial charge on any atom is 0.241 e. The highest BCUT2D eigenvalue weighted by Gasteiger charge is 2.33. The standard InChI is InChI=1S/C17H14ClF2N5/c18-11-2-1-3-12(20)15(11)14-8-13(9-4-6-10(19)7-5-9)22-17-23-16(21)24-25(14)17/h1-7,13-14H,8H2,(H3,21,22,23,24)/t13-,14-/m0/s1. The number of nitrogens with two attached hydrogens (primary N) is 1. The van der Waals surface area contributed by atoms with Crippen LogP contribution in [0.1, 0.15) is 29.6 Å². The summed E-state index contributed by atoms with van der Waals surface area (Å²) in [6.45, 7) is 0. The Balaban J connectivity index is 1.81. The van der Waals surface area contributed by atoms with Crippen molar-refractivity contribution in [2.75, 3.05) is 11.1 Å². The van der Waals surface area contributed by atoms with Gasteiger partial charge in [-0.1, -0.05) is 29.8 Å². The van der Waals surface area contributed by atoms with E-state index >= 15 is 0 Å². The molecule has 0 radical (unpaired) electrons. The molecule has 0 fully saturated rings. The van der Waals surface area contributed by atoms with Crippen molar-refractivity contribution in [1.82, 2.24) is 14.8 Å². The average Bonchev–Trinajstić information content (AvgIpc) is 2.95. The molecule has 0 spiro atoms. The third-order valence-corrected chi connectivity index (χ3v) is 4.64. The smallest absolute Gasteiger partial charge is 0.241 e. The van der Waals surface area contributed by atoms with Gasteiger partial charge in [-0.3, -0.25) is 0 Å². The number of nitrogens with zero attached hydrogens (tertiary/aromatic N) is 3.